The Labute approximate surface area is 86.2 Å². The average molecular weight is 208 g/mol. The van der Waals surface area contributed by atoms with Gasteiger partial charge in [-0.2, -0.15) is 0 Å². The minimum atomic E-state index is -0.361. The van der Waals surface area contributed by atoms with Crippen molar-refractivity contribution in [2.24, 2.45) is 0 Å². The fourth-order valence-corrected chi connectivity index (χ4v) is 1.51. The summed E-state index contributed by atoms with van der Waals surface area (Å²) in [5.74, 6) is -0.361. The largest absolute Gasteiger partial charge is 0.262 e. The highest BCUT2D eigenvalue weighted by Gasteiger charge is 2.06. The summed E-state index contributed by atoms with van der Waals surface area (Å²) < 4.78 is 13.3. The molecule has 0 amide bonds. The first-order chi connectivity index (χ1) is 6.79. The van der Waals surface area contributed by atoms with E-state index < -0.39 is 0 Å². The lowest BCUT2D eigenvalue weighted by atomic mass is 10.1. The number of nitrogens with zero attached hydrogens (tertiary/aromatic N) is 1. The summed E-state index contributed by atoms with van der Waals surface area (Å²) in [4.78, 5) is 3.68. The Hall–Kier alpha value is -1.41. The van der Waals surface area contributed by atoms with E-state index in [4.69, 9.17) is 11.6 Å². The lowest BCUT2D eigenvalue weighted by Crippen LogP contribution is -1.85. The molecule has 0 saturated carbocycles. The van der Waals surface area contributed by atoms with E-state index >= 15 is 0 Å². The van der Waals surface area contributed by atoms with Gasteiger partial charge in [-0.1, -0.05) is 29.8 Å². The van der Waals surface area contributed by atoms with Gasteiger partial charge in [0.1, 0.15) is 5.82 Å². The molecule has 0 aliphatic heterocycles. The SMILES string of the molecule is Fc1cnccc1-c1ccccc1Cl. The molecule has 0 aliphatic rings. The van der Waals surface area contributed by atoms with Crippen molar-refractivity contribution in [3.8, 4) is 11.1 Å². The molecule has 1 heterocycles. The second-order valence-electron chi connectivity index (χ2n) is 2.84. The van der Waals surface area contributed by atoms with Crippen LogP contribution in [0.15, 0.2) is 42.7 Å². The summed E-state index contributed by atoms with van der Waals surface area (Å²) >= 11 is 5.94. The van der Waals surface area contributed by atoms with Crippen LogP contribution in [0.2, 0.25) is 5.02 Å². The smallest absolute Gasteiger partial charge is 0.149 e. The maximum absolute atomic E-state index is 13.3. The van der Waals surface area contributed by atoms with Crippen molar-refractivity contribution >= 4 is 11.6 Å². The van der Waals surface area contributed by atoms with Crippen molar-refractivity contribution in [3.05, 3.63) is 53.6 Å². The molecule has 0 N–H and O–H groups in total. The number of halogens is 2. The lowest BCUT2D eigenvalue weighted by Gasteiger charge is -2.04. The number of pyridine rings is 1. The minimum absolute atomic E-state index is 0.361. The van der Waals surface area contributed by atoms with Crippen LogP contribution >= 0.6 is 11.6 Å². The highest BCUT2D eigenvalue weighted by molar-refractivity contribution is 6.33. The summed E-state index contributed by atoms with van der Waals surface area (Å²) in [6.45, 7) is 0. The van der Waals surface area contributed by atoms with E-state index in [0.717, 1.165) is 0 Å². The van der Waals surface area contributed by atoms with Gasteiger partial charge in [-0.15, -0.1) is 0 Å². The summed E-state index contributed by atoms with van der Waals surface area (Å²) in [7, 11) is 0. The van der Waals surface area contributed by atoms with Gasteiger partial charge in [0.25, 0.3) is 0 Å². The van der Waals surface area contributed by atoms with Crippen molar-refractivity contribution in [2.75, 3.05) is 0 Å². The van der Waals surface area contributed by atoms with E-state index in [-0.39, 0.29) is 5.82 Å². The Morgan fingerprint density at radius 3 is 2.57 bits per heavy atom. The quantitative estimate of drug-likeness (QED) is 0.697. The molecular formula is C11H7ClFN. The second-order valence-corrected chi connectivity index (χ2v) is 3.24. The van der Waals surface area contributed by atoms with Crippen LogP contribution < -0.4 is 0 Å². The van der Waals surface area contributed by atoms with Crippen LogP contribution in [0.1, 0.15) is 0 Å². The van der Waals surface area contributed by atoms with Crippen LogP contribution in [0, 0.1) is 5.82 Å². The van der Waals surface area contributed by atoms with Crippen LogP contribution in [0.4, 0.5) is 4.39 Å². The summed E-state index contributed by atoms with van der Waals surface area (Å²) in [6, 6.07) is 8.75. The van der Waals surface area contributed by atoms with E-state index in [1.54, 1.807) is 24.4 Å². The molecular weight excluding hydrogens is 201 g/mol. The first-order valence-electron chi connectivity index (χ1n) is 4.13. The van der Waals surface area contributed by atoms with Gasteiger partial charge >= 0.3 is 0 Å². The van der Waals surface area contributed by atoms with E-state index in [1.807, 2.05) is 12.1 Å². The van der Waals surface area contributed by atoms with Gasteiger partial charge in [0, 0.05) is 22.3 Å². The summed E-state index contributed by atoms with van der Waals surface area (Å²) in [6.07, 6.45) is 2.72. The van der Waals surface area contributed by atoms with Crippen molar-refractivity contribution in [1.29, 1.82) is 0 Å². The zero-order chi connectivity index (χ0) is 9.97. The summed E-state index contributed by atoms with van der Waals surface area (Å²) in [5, 5.41) is 0.539. The molecule has 0 bridgehead atoms. The molecule has 0 atom stereocenters. The number of hydrogen-bond donors (Lipinski definition) is 0. The maximum atomic E-state index is 13.3. The van der Waals surface area contributed by atoms with Gasteiger partial charge < -0.3 is 0 Å². The monoisotopic (exact) mass is 207 g/mol. The first kappa shape index (κ1) is 9.16. The normalized spacial score (nSPS) is 10.1. The van der Waals surface area contributed by atoms with Crippen LogP contribution in [-0.2, 0) is 0 Å². The molecule has 2 rings (SSSR count). The van der Waals surface area contributed by atoms with Gasteiger partial charge in [-0.3, -0.25) is 4.98 Å². The Morgan fingerprint density at radius 1 is 1.07 bits per heavy atom. The molecule has 70 valence electrons. The predicted molar refractivity (Wildman–Crippen MR) is 54.6 cm³/mol. The minimum Gasteiger partial charge on any atom is -0.262 e. The lowest BCUT2D eigenvalue weighted by molar-refractivity contribution is 0.625. The molecule has 3 heteroatoms. The molecule has 0 radical (unpaired) electrons. The molecule has 0 saturated heterocycles. The Morgan fingerprint density at radius 2 is 1.86 bits per heavy atom. The van der Waals surface area contributed by atoms with E-state index in [9.17, 15) is 4.39 Å². The van der Waals surface area contributed by atoms with Crippen molar-refractivity contribution in [1.82, 2.24) is 4.98 Å². The van der Waals surface area contributed by atoms with Crippen LogP contribution in [0.5, 0.6) is 0 Å². The highest BCUT2D eigenvalue weighted by atomic mass is 35.5. The van der Waals surface area contributed by atoms with Gasteiger partial charge in [-0.25, -0.2) is 4.39 Å². The Balaban J connectivity index is 2.61. The zero-order valence-electron chi connectivity index (χ0n) is 7.24. The van der Waals surface area contributed by atoms with Crippen molar-refractivity contribution in [2.45, 2.75) is 0 Å². The molecule has 14 heavy (non-hydrogen) atoms. The third-order valence-electron chi connectivity index (χ3n) is 1.94. The van der Waals surface area contributed by atoms with Gasteiger partial charge in [0.15, 0.2) is 0 Å². The van der Waals surface area contributed by atoms with Crippen molar-refractivity contribution in [3.63, 3.8) is 0 Å². The fraction of sp³-hybridized carbons (Fsp3) is 0. The van der Waals surface area contributed by atoms with Gasteiger partial charge in [-0.05, 0) is 12.1 Å². The van der Waals surface area contributed by atoms with E-state index in [0.29, 0.717) is 16.1 Å². The van der Waals surface area contributed by atoms with Gasteiger partial charge in [0.05, 0.1) is 6.20 Å². The van der Waals surface area contributed by atoms with Crippen LogP contribution in [0.25, 0.3) is 11.1 Å². The molecule has 2 aromatic rings. The third-order valence-corrected chi connectivity index (χ3v) is 2.27. The third kappa shape index (κ3) is 1.61. The molecule has 1 nitrogen and oxygen atoms in total. The van der Waals surface area contributed by atoms with Crippen LogP contribution in [0.3, 0.4) is 0 Å². The standard InChI is InChI=1S/C11H7ClFN/c12-10-4-2-1-3-8(10)9-5-6-14-7-11(9)13/h1-7H. The number of hydrogen-bond acceptors (Lipinski definition) is 1. The molecule has 1 aromatic heterocycles. The zero-order valence-corrected chi connectivity index (χ0v) is 8.00. The second kappa shape index (κ2) is 3.76. The average Bonchev–Trinajstić information content (AvgIpc) is 2.20. The predicted octanol–water partition coefficient (Wildman–Crippen LogP) is 3.54. The first-order valence-corrected chi connectivity index (χ1v) is 4.51. The topological polar surface area (TPSA) is 12.9 Å². The Bertz CT molecular complexity index is 413. The van der Waals surface area contributed by atoms with E-state index in [1.165, 1.54) is 6.20 Å². The Kier molecular flexibility index (Phi) is 2.46. The number of aromatic nitrogens is 1. The van der Waals surface area contributed by atoms with E-state index in [2.05, 4.69) is 4.98 Å². The molecule has 0 unspecified atom stereocenters. The van der Waals surface area contributed by atoms with Gasteiger partial charge in [0.2, 0.25) is 0 Å². The molecule has 0 aliphatic carbocycles. The number of rotatable bonds is 1. The molecule has 0 fully saturated rings. The summed E-state index contributed by atoms with van der Waals surface area (Å²) in [5.41, 5.74) is 1.17. The van der Waals surface area contributed by atoms with Crippen LogP contribution in [-0.4, -0.2) is 4.98 Å². The fourth-order valence-electron chi connectivity index (χ4n) is 1.27. The van der Waals surface area contributed by atoms with Crippen molar-refractivity contribution < 1.29 is 4.39 Å². The maximum Gasteiger partial charge on any atom is 0.149 e. The molecule has 0 spiro atoms. The number of benzene rings is 1. The molecule has 1 aromatic carbocycles. The highest BCUT2D eigenvalue weighted by Crippen LogP contribution is 2.28.